The van der Waals surface area contributed by atoms with Gasteiger partial charge in [-0.15, -0.1) is 11.3 Å². The fourth-order valence-electron chi connectivity index (χ4n) is 5.21. The third-order valence-electron chi connectivity index (χ3n) is 7.44. The van der Waals surface area contributed by atoms with E-state index in [9.17, 15) is 14.4 Å². The molecule has 1 aromatic heterocycles. The Balaban J connectivity index is 1.39. The number of nitrogens with two attached hydrogens (primary N) is 2. The zero-order valence-electron chi connectivity index (χ0n) is 22.1. The van der Waals surface area contributed by atoms with Crippen molar-refractivity contribution < 1.29 is 14.4 Å². The van der Waals surface area contributed by atoms with Crippen LogP contribution in [0.1, 0.15) is 24.0 Å². The first kappa shape index (κ1) is 27.6. The number of piperidine rings is 1. The molecular weight excluding hydrogens is 524 g/mol. The summed E-state index contributed by atoms with van der Waals surface area (Å²) in [7, 11) is 0. The van der Waals surface area contributed by atoms with Crippen molar-refractivity contribution in [3.8, 4) is 0 Å². The molecule has 2 heterocycles. The summed E-state index contributed by atoms with van der Waals surface area (Å²) in [4.78, 5) is 39.0. The van der Waals surface area contributed by atoms with E-state index in [4.69, 9.17) is 11.5 Å². The number of fused-ring (bicyclic) bond motifs is 2. The Morgan fingerprint density at radius 3 is 2.40 bits per heavy atom. The number of amides is 4. The van der Waals surface area contributed by atoms with E-state index in [1.54, 1.807) is 11.3 Å². The zero-order chi connectivity index (χ0) is 28.1. The molecule has 1 fully saturated rings. The molecule has 4 aromatic rings. The number of hydrogen-bond acceptors (Lipinski definition) is 6. The number of carbonyl (C=O) groups excluding carboxylic acids is 3. The smallest absolute Gasteiger partial charge is 0.313 e. The van der Waals surface area contributed by atoms with Gasteiger partial charge in [0.1, 0.15) is 12.2 Å². The molecule has 5 rings (SSSR count). The maximum atomic E-state index is 13.7. The normalized spacial score (nSPS) is 16.2. The number of rotatable bonds is 9. The minimum Gasteiger partial charge on any atom is -0.352 e. The summed E-state index contributed by atoms with van der Waals surface area (Å²) in [5.41, 5.74) is 12.7. The topological polar surface area (TPSA) is 151 Å². The zero-order valence-corrected chi connectivity index (χ0v) is 22.9. The molecule has 10 heteroatoms. The second kappa shape index (κ2) is 12.0. The summed E-state index contributed by atoms with van der Waals surface area (Å²) < 4.78 is 1.11. The van der Waals surface area contributed by atoms with E-state index in [2.05, 4.69) is 21.3 Å². The number of nitrogens with one attached hydrogen (secondary N) is 4. The molecule has 0 radical (unpaired) electrons. The van der Waals surface area contributed by atoms with Gasteiger partial charge in [-0.2, -0.15) is 0 Å². The first-order valence-corrected chi connectivity index (χ1v) is 14.3. The summed E-state index contributed by atoms with van der Waals surface area (Å²) >= 11 is 1.59. The Labute approximate surface area is 236 Å². The van der Waals surface area contributed by atoms with Gasteiger partial charge in [0.2, 0.25) is 11.8 Å². The van der Waals surface area contributed by atoms with E-state index in [0.29, 0.717) is 32.4 Å². The molecule has 2 atom stereocenters. The minimum absolute atomic E-state index is 0.251. The first-order valence-electron chi connectivity index (χ1n) is 13.4. The lowest BCUT2D eigenvalue weighted by Crippen LogP contribution is -2.63. The number of hydrogen-bond donors (Lipinski definition) is 6. The molecule has 40 heavy (non-hydrogen) atoms. The van der Waals surface area contributed by atoms with Crippen molar-refractivity contribution in [3.05, 3.63) is 83.2 Å². The lowest BCUT2D eigenvalue weighted by atomic mass is 9.88. The summed E-state index contributed by atoms with van der Waals surface area (Å²) in [6, 6.07) is 20.2. The van der Waals surface area contributed by atoms with Crippen LogP contribution < -0.4 is 32.7 Å². The minimum atomic E-state index is -1.06. The average Bonchev–Trinajstić information content (AvgIpc) is 3.35. The standard InChI is InChI=1S/C30H34N6O3S/c31-29(39)36-26(17-22-18-40-25-8-4-3-7-23(22)25)35-27(37)24(34-28(38)30(32)11-13-33-14-12-30)16-19-9-10-20-5-1-2-6-21(20)15-19/h1-10,15,18,24,26,33H,11-14,16-17,32H2,(H,34,38)(H,35,37)(H3,31,36,39)/t24-,26+/m1/s1. The van der Waals surface area contributed by atoms with Gasteiger partial charge >= 0.3 is 6.03 Å². The fourth-order valence-corrected chi connectivity index (χ4v) is 6.18. The molecule has 8 N–H and O–H groups in total. The van der Waals surface area contributed by atoms with Crippen molar-refractivity contribution in [2.24, 2.45) is 11.5 Å². The largest absolute Gasteiger partial charge is 0.352 e. The molecule has 0 spiro atoms. The lowest BCUT2D eigenvalue weighted by Gasteiger charge is -2.34. The van der Waals surface area contributed by atoms with Crippen LogP contribution in [0.15, 0.2) is 72.1 Å². The van der Waals surface area contributed by atoms with Crippen LogP contribution >= 0.6 is 11.3 Å². The van der Waals surface area contributed by atoms with E-state index in [1.807, 2.05) is 72.1 Å². The van der Waals surface area contributed by atoms with Gasteiger partial charge in [0.15, 0.2) is 0 Å². The van der Waals surface area contributed by atoms with E-state index in [-0.39, 0.29) is 12.3 Å². The predicted octanol–water partition coefficient (Wildman–Crippen LogP) is 2.52. The third-order valence-corrected chi connectivity index (χ3v) is 8.45. The second-order valence-corrected chi connectivity index (χ2v) is 11.3. The molecule has 1 aliphatic heterocycles. The van der Waals surface area contributed by atoms with Crippen LogP contribution in [0.5, 0.6) is 0 Å². The van der Waals surface area contributed by atoms with Crippen LogP contribution in [0.4, 0.5) is 4.79 Å². The van der Waals surface area contributed by atoms with Crippen LogP contribution in [0, 0.1) is 0 Å². The van der Waals surface area contributed by atoms with Crippen molar-refractivity contribution in [2.75, 3.05) is 13.1 Å². The molecule has 0 aliphatic carbocycles. The molecule has 9 nitrogen and oxygen atoms in total. The highest BCUT2D eigenvalue weighted by Crippen LogP contribution is 2.26. The van der Waals surface area contributed by atoms with Crippen LogP contribution in [-0.2, 0) is 22.4 Å². The molecule has 0 unspecified atom stereocenters. The second-order valence-electron chi connectivity index (χ2n) is 10.3. The van der Waals surface area contributed by atoms with Crippen LogP contribution in [0.25, 0.3) is 20.9 Å². The maximum absolute atomic E-state index is 13.7. The molecule has 0 saturated carbocycles. The quantitative estimate of drug-likeness (QED) is 0.175. The molecule has 208 valence electrons. The number of thiophene rings is 1. The van der Waals surface area contributed by atoms with Crippen molar-refractivity contribution in [2.45, 2.75) is 43.4 Å². The van der Waals surface area contributed by atoms with Gasteiger partial charge in [-0.1, -0.05) is 60.7 Å². The number of urea groups is 1. The predicted molar refractivity (Wildman–Crippen MR) is 159 cm³/mol. The van der Waals surface area contributed by atoms with Gasteiger partial charge in [0.25, 0.3) is 0 Å². The summed E-state index contributed by atoms with van der Waals surface area (Å²) in [5.74, 6) is -0.796. The Morgan fingerprint density at radius 1 is 0.900 bits per heavy atom. The lowest BCUT2D eigenvalue weighted by molar-refractivity contribution is -0.133. The van der Waals surface area contributed by atoms with Crippen LogP contribution in [0.3, 0.4) is 0 Å². The Hall–Kier alpha value is -3.99. The number of carbonyl (C=O) groups is 3. The highest BCUT2D eigenvalue weighted by molar-refractivity contribution is 7.17. The summed E-state index contributed by atoms with van der Waals surface area (Å²) in [6.07, 6.45) is 0.758. The highest BCUT2D eigenvalue weighted by Gasteiger charge is 2.37. The van der Waals surface area contributed by atoms with Crippen molar-refractivity contribution in [1.29, 1.82) is 0 Å². The third kappa shape index (κ3) is 6.41. The monoisotopic (exact) mass is 558 g/mol. The molecular formula is C30H34N6O3S. The van der Waals surface area contributed by atoms with E-state index in [0.717, 1.165) is 32.0 Å². The molecule has 1 aliphatic rings. The average molecular weight is 559 g/mol. The molecule has 3 aromatic carbocycles. The molecule has 4 amide bonds. The maximum Gasteiger partial charge on any atom is 0.313 e. The Bertz CT molecular complexity index is 1530. The van der Waals surface area contributed by atoms with Gasteiger partial charge in [0.05, 0.1) is 5.54 Å². The van der Waals surface area contributed by atoms with Gasteiger partial charge < -0.3 is 32.7 Å². The van der Waals surface area contributed by atoms with E-state index >= 15 is 0 Å². The Morgan fingerprint density at radius 2 is 1.62 bits per heavy atom. The van der Waals surface area contributed by atoms with Gasteiger partial charge in [-0.25, -0.2) is 4.79 Å². The van der Waals surface area contributed by atoms with Crippen molar-refractivity contribution in [1.82, 2.24) is 21.3 Å². The van der Waals surface area contributed by atoms with Gasteiger partial charge in [-0.3, -0.25) is 9.59 Å². The Kier molecular flexibility index (Phi) is 8.29. The number of primary amides is 1. The van der Waals surface area contributed by atoms with E-state index < -0.39 is 29.7 Å². The van der Waals surface area contributed by atoms with Crippen molar-refractivity contribution in [3.63, 3.8) is 0 Å². The van der Waals surface area contributed by atoms with E-state index in [1.165, 1.54) is 0 Å². The fraction of sp³-hybridized carbons (Fsp3) is 0.300. The number of benzene rings is 3. The highest BCUT2D eigenvalue weighted by atomic mass is 32.1. The first-order chi connectivity index (χ1) is 19.3. The SMILES string of the molecule is NC(=O)N[C@@H](Cc1csc2ccccc12)NC(=O)[C@@H](Cc1ccc2ccccc2c1)NC(=O)C1(N)CCNCC1. The van der Waals surface area contributed by atoms with Crippen LogP contribution in [0.2, 0.25) is 0 Å². The molecule has 1 saturated heterocycles. The van der Waals surface area contributed by atoms with Gasteiger partial charge in [0, 0.05) is 17.5 Å². The summed E-state index contributed by atoms with van der Waals surface area (Å²) in [6.45, 7) is 1.26. The summed E-state index contributed by atoms with van der Waals surface area (Å²) in [5, 5.41) is 16.9. The van der Waals surface area contributed by atoms with Crippen molar-refractivity contribution >= 4 is 50.0 Å². The molecule has 0 bridgehead atoms. The van der Waals surface area contributed by atoms with Gasteiger partial charge in [-0.05, 0) is 64.7 Å². The van der Waals surface area contributed by atoms with Crippen LogP contribution in [-0.4, -0.2) is 48.7 Å².